The van der Waals surface area contributed by atoms with Crippen molar-refractivity contribution < 1.29 is 14.6 Å². The van der Waals surface area contributed by atoms with Crippen LogP contribution in [0.3, 0.4) is 0 Å². The maximum Gasteiger partial charge on any atom is 0.270 e. The van der Waals surface area contributed by atoms with Crippen molar-refractivity contribution in [1.82, 2.24) is 14.4 Å². The highest BCUT2D eigenvalue weighted by atomic mass is 16.5. The summed E-state index contributed by atoms with van der Waals surface area (Å²) in [7, 11) is 1.84. The first-order chi connectivity index (χ1) is 12.1. The van der Waals surface area contributed by atoms with Gasteiger partial charge in [0, 0.05) is 44.1 Å². The predicted molar refractivity (Wildman–Crippen MR) is 95.9 cm³/mol. The normalized spacial score (nSPS) is 20.1. The van der Waals surface area contributed by atoms with Gasteiger partial charge in [0.05, 0.1) is 25.9 Å². The molecule has 0 unspecified atom stereocenters. The Hall–Kier alpha value is -1.89. The lowest BCUT2D eigenvalue weighted by molar-refractivity contribution is 0.0116. The molecule has 1 amide bonds. The van der Waals surface area contributed by atoms with Gasteiger partial charge >= 0.3 is 0 Å². The molecule has 25 heavy (non-hydrogen) atoms. The first kappa shape index (κ1) is 16.6. The van der Waals surface area contributed by atoms with Crippen molar-refractivity contribution in [3.05, 3.63) is 35.5 Å². The zero-order chi connectivity index (χ0) is 17.4. The summed E-state index contributed by atoms with van der Waals surface area (Å²) in [6, 6.07) is 8.13. The molecule has 1 aromatic heterocycles. The van der Waals surface area contributed by atoms with E-state index >= 15 is 0 Å². The summed E-state index contributed by atoms with van der Waals surface area (Å²) < 4.78 is 7.39. The monoisotopic (exact) mass is 343 g/mol. The van der Waals surface area contributed by atoms with Crippen LogP contribution in [0, 0.1) is 0 Å². The molecule has 0 bridgehead atoms. The third kappa shape index (κ3) is 3.05. The molecule has 1 fully saturated rings. The zero-order valence-corrected chi connectivity index (χ0v) is 14.6. The van der Waals surface area contributed by atoms with Crippen molar-refractivity contribution in [2.24, 2.45) is 0 Å². The second-order valence-corrected chi connectivity index (χ2v) is 7.00. The molecule has 1 aromatic carbocycles. The number of amides is 1. The van der Waals surface area contributed by atoms with Crippen LogP contribution in [0.5, 0.6) is 0 Å². The maximum atomic E-state index is 12.8. The van der Waals surface area contributed by atoms with Gasteiger partial charge in [0.25, 0.3) is 5.91 Å². The van der Waals surface area contributed by atoms with Crippen LogP contribution in [-0.2, 0) is 17.7 Å². The van der Waals surface area contributed by atoms with E-state index in [-0.39, 0.29) is 5.91 Å². The number of rotatable bonds is 4. The third-order valence-corrected chi connectivity index (χ3v) is 5.29. The average Bonchev–Trinajstić information content (AvgIpc) is 2.93. The summed E-state index contributed by atoms with van der Waals surface area (Å²) in [6.45, 7) is 4.93. The van der Waals surface area contributed by atoms with Gasteiger partial charge < -0.3 is 19.3 Å². The minimum atomic E-state index is -0.516. The maximum absolute atomic E-state index is 12.8. The highest BCUT2D eigenvalue weighted by Crippen LogP contribution is 2.30. The molecule has 1 saturated heterocycles. The molecule has 134 valence electrons. The molecule has 6 nitrogen and oxygen atoms in total. The van der Waals surface area contributed by atoms with Crippen LogP contribution in [-0.4, -0.2) is 77.9 Å². The second-order valence-electron chi connectivity index (χ2n) is 7.00. The molecule has 6 heteroatoms. The molecular formula is C19H25N3O3. The number of hydrogen-bond donors (Lipinski definition) is 1. The molecule has 1 atom stereocenters. The van der Waals surface area contributed by atoms with Gasteiger partial charge in [0.15, 0.2) is 0 Å². The first-order valence-electron chi connectivity index (χ1n) is 8.99. The largest absolute Gasteiger partial charge is 0.390 e. The number of benzene rings is 1. The Morgan fingerprint density at radius 1 is 1.16 bits per heavy atom. The summed E-state index contributed by atoms with van der Waals surface area (Å²) in [5.74, 6) is 0.0519. The van der Waals surface area contributed by atoms with Crippen molar-refractivity contribution >= 4 is 16.8 Å². The van der Waals surface area contributed by atoms with E-state index in [0.29, 0.717) is 13.1 Å². The SMILES string of the molecule is CN1CCc2c(n(C[C@H](O)CN3CCOCC3)c3ccccc23)C1=O. The second kappa shape index (κ2) is 6.78. The number of ether oxygens (including phenoxy) is 1. The lowest BCUT2D eigenvalue weighted by Crippen LogP contribution is -2.42. The van der Waals surface area contributed by atoms with E-state index < -0.39 is 6.10 Å². The van der Waals surface area contributed by atoms with Crippen LogP contribution in [0.25, 0.3) is 10.9 Å². The molecule has 0 saturated carbocycles. The molecule has 4 rings (SSSR count). The van der Waals surface area contributed by atoms with Crippen LogP contribution in [0.1, 0.15) is 16.1 Å². The molecule has 2 aromatic rings. The summed E-state index contributed by atoms with van der Waals surface area (Å²) in [6.07, 6.45) is 0.350. The van der Waals surface area contributed by atoms with E-state index in [4.69, 9.17) is 4.74 Å². The molecule has 3 heterocycles. The summed E-state index contributed by atoms with van der Waals surface area (Å²) in [5, 5.41) is 11.8. The fourth-order valence-corrected chi connectivity index (χ4v) is 3.97. The Morgan fingerprint density at radius 3 is 2.72 bits per heavy atom. The van der Waals surface area contributed by atoms with Gasteiger partial charge in [-0.1, -0.05) is 18.2 Å². The van der Waals surface area contributed by atoms with E-state index in [9.17, 15) is 9.90 Å². The fraction of sp³-hybridized carbons (Fsp3) is 0.526. The van der Waals surface area contributed by atoms with Gasteiger partial charge in [0.1, 0.15) is 5.69 Å². The van der Waals surface area contributed by atoms with Crippen molar-refractivity contribution in [3.8, 4) is 0 Å². The van der Waals surface area contributed by atoms with Crippen molar-refractivity contribution in [1.29, 1.82) is 0 Å². The fourth-order valence-electron chi connectivity index (χ4n) is 3.97. The predicted octanol–water partition coefficient (Wildman–Crippen LogP) is 0.963. The number of fused-ring (bicyclic) bond motifs is 3. The van der Waals surface area contributed by atoms with Gasteiger partial charge in [0.2, 0.25) is 0 Å². The van der Waals surface area contributed by atoms with Crippen molar-refractivity contribution in [2.75, 3.05) is 46.4 Å². The standard InChI is InChI=1S/C19H25N3O3/c1-20-7-6-16-15-4-2-3-5-17(15)22(18(16)19(20)24)13-14(23)12-21-8-10-25-11-9-21/h2-5,14,23H,6-13H2,1H3/t14-/m1/s1. The summed E-state index contributed by atoms with van der Waals surface area (Å²) in [5.41, 5.74) is 2.91. The number of aromatic nitrogens is 1. The number of carbonyl (C=O) groups excluding carboxylic acids is 1. The van der Waals surface area contributed by atoms with Crippen LogP contribution in [0.15, 0.2) is 24.3 Å². The van der Waals surface area contributed by atoms with Gasteiger partial charge in [-0.3, -0.25) is 9.69 Å². The quantitative estimate of drug-likeness (QED) is 0.899. The molecule has 0 aliphatic carbocycles. The van der Waals surface area contributed by atoms with Gasteiger partial charge in [-0.25, -0.2) is 0 Å². The van der Waals surface area contributed by atoms with Crippen molar-refractivity contribution in [3.63, 3.8) is 0 Å². The topological polar surface area (TPSA) is 57.9 Å². The number of hydrogen-bond acceptors (Lipinski definition) is 4. The molecule has 0 spiro atoms. The van der Waals surface area contributed by atoms with E-state index in [1.807, 2.05) is 29.8 Å². The lowest BCUT2D eigenvalue weighted by atomic mass is 10.0. The van der Waals surface area contributed by atoms with E-state index in [1.54, 1.807) is 4.90 Å². The highest BCUT2D eigenvalue weighted by Gasteiger charge is 2.29. The Labute approximate surface area is 147 Å². The van der Waals surface area contributed by atoms with Gasteiger partial charge in [-0.05, 0) is 18.1 Å². The number of morpholine rings is 1. The minimum Gasteiger partial charge on any atom is -0.390 e. The number of para-hydroxylation sites is 1. The number of carbonyl (C=O) groups is 1. The third-order valence-electron chi connectivity index (χ3n) is 5.29. The molecular weight excluding hydrogens is 318 g/mol. The van der Waals surface area contributed by atoms with Gasteiger partial charge in [-0.15, -0.1) is 0 Å². The average molecular weight is 343 g/mol. The number of nitrogens with zero attached hydrogens (tertiary/aromatic N) is 3. The number of aliphatic hydroxyl groups is 1. The van der Waals surface area contributed by atoms with E-state index in [2.05, 4.69) is 11.0 Å². The number of likely N-dealkylation sites (N-methyl/N-ethyl adjacent to an activating group) is 1. The van der Waals surface area contributed by atoms with Gasteiger partial charge in [-0.2, -0.15) is 0 Å². The smallest absolute Gasteiger partial charge is 0.270 e. The number of β-amino-alcohol motifs (C(OH)–C–C–N with tert-alkyl or cyclic N) is 1. The van der Waals surface area contributed by atoms with Crippen LogP contribution in [0.4, 0.5) is 0 Å². The van der Waals surface area contributed by atoms with E-state index in [0.717, 1.165) is 61.4 Å². The minimum absolute atomic E-state index is 0.0519. The highest BCUT2D eigenvalue weighted by molar-refractivity contribution is 6.02. The van der Waals surface area contributed by atoms with Crippen molar-refractivity contribution in [2.45, 2.75) is 19.1 Å². The first-order valence-corrected chi connectivity index (χ1v) is 8.99. The Morgan fingerprint density at radius 2 is 1.92 bits per heavy atom. The molecule has 2 aliphatic heterocycles. The molecule has 0 radical (unpaired) electrons. The number of aliphatic hydroxyl groups excluding tert-OH is 1. The van der Waals surface area contributed by atoms with E-state index in [1.165, 1.54) is 0 Å². The summed E-state index contributed by atoms with van der Waals surface area (Å²) >= 11 is 0. The van der Waals surface area contributed by atoms with Crippen LogP contribution in [0.2, 0.25) is 0 Å². The van der Waals surface area contributed by atoms with Crippen LogP contribution >= 0.6 is 0 Å². The Kier molecular flexibility index (Phi) is 4.50. The lowest BCUT2D eigenvalue weighted by Gasteiger charge is -2.29. The zero-order valence-electron chi connectivity index (χ0n) is 14.6. The Bertz CT molecular complexity index is 780. The molecule has 1 N–H and O–H groups in total. The van der Waals surface area contributed by atoms with Crippen LogP contribution < -0.4 is 0 Å². The Balaban J connectivity index is 1.65. The molecule has 2 aliphatic rings. The summed E-state index contributed by atoms with van der Waals surface area (Å²) in [4.78, 5) is 16.8.